The first-order valence-electron chi connectivity index (χ1n) is 5.91. The SMILES string of the molecule is CCOC(=O)c1nc2ncc3c(n2n1)CCNC3. The van der Waals surface area contributed by atoms with Crippen molar-refractivity contribution in [3.63, 3.8) is 0 Å². The molecule has 1 aliphatic heterocycles. The maximum Gasteiger partial charge on any atom is 0.378 e. The van der Waals surface area contributed by atoms with Crippen LogP contribution in [0.3, 0.4) is 0 Å². The van der Waals surface area contributed by atoms with Gasteiger partial charge in [0.25, 0.3) is 11.6 Å². The van der Waals surface area contributed by atoms with Crippen molar-refractivity contribution in [3.05, 3.63) is 23.3 Å². The zero-order valence-electron chi connectivity index (χ0n) is 10.0. The van der Waals surface area contributed by atoms with Gasteiger partial charge in [-0.1, -0.05) is 0 Å². The minimum Gasteiger partial charge on any atom is -0.460 e. The van der Waals surface area contributed by atoms with Crippen molar-refractivity contribution in [1.29, 1.82) is 0 Å². The molecule has 1 N–H and O–H groups in total. The summed E-state index contributed by atoms with van der Waals surface area (Å²) in [6.45, 7) is 3.72. The summed E-state index contributed by atoms with van der Waals surface area (Å²) in [5.74, 6) is 0.000621. The number of carbonyl (C=O) groups is 1. The fraction of sp³-hybridized carbons (Fsp3) is 0.455. The second kappa shape index (κ2) is 4.34. The quantitative estimate of drug-likeness (QED) is 0.749. The minimum absolute atomic E-state index is 0.0660. The number of nitrogens with one attached hydrogen (secondary N) is 1. The predicted octanol–water partition coefficient (Wildman–Crippen LogP) is -0.0533. The van der Waals surface area contributed by atoms with Crippen LogP contribution < -0.4 is 5.32 Å². The van der Waals surface area contributed by atoms with Crippen molar-refractivity contribution in [1.82, 2.24) is 24.9 Å². The number of carbonyl (C=O) groups excluding carboxylic acids is 1. The number of fused-ring (bicyclic) bond motifs is 3. The van der Waals surface area contributed by atoms with Gasteiger partial charge in [0.05, 0.1) is 12.3 Å². The van der Waals surface area contributed by atoms with E-state index in [1.54, 1.807) is 17.6 Å². The average molecular weight is 247 g/mol. The maximum absolute atomic E-state index is 11.6. The molecule has 0 aromatic carbocycles. The molecular weight excluding hydrogens is 234 g/mol. The highest BCUT2D eigenvalue weighted by Crippen LogP contribution is 2.13. The zero-order valence-corrected chi connectivity index (χ0v) is 10.0. The van der Waals surface area contributed by atoms with Crippen LogP contribution >= 0.6 is 0 Å². The van der Waals surface area contributed by atoms with Gasteiger partial charge in [-0.15, -0.1) is 5.10 Å². The van der Waals surface area contributed by atoms with Crippen LogP contribution in [0.1, 0.15) is 28.8 Å². The summed E-state index contributed by atoms with van der Waals surface area (Å²) in [6.07, 6.45) is 2.63. The van der Waals surface area contributed by atoms with Crippen LogP contribution in [-0.2, 0) is 17.7 Å². The van der Waals surface area contributed by atoms with E-state index < -0.39 is 5.97 Å². The Morgan fingerprint density at radius 1 is 1.61 bits per heavy atom. The van der Waals surface area contributed by atoms with Gasteiger partial charge in [0.1, 0.15) is 0 Å². The Morgan fingerprint density at radius 2 is 2.50 bits per heavy atom. The van der Waals surface area contributed by atoms with Crippen molar-refractivity contribution < 1.29 is 9.53 Å². The Morgan fingerprint density at radius 3 is 3.33 bits per heavy atom. The summed E-state index contributed by atoms with van der Waals surface area (Å²) in [5, 5.41) is 7.45. The second-order valence-electron chi connectivity index (χ2n) is 4.02. The van der Waals surface area contributed by atoms with E-state index >= 15 is 0 Å². The van der Waals surface area contributed by atoms with E-state index in [-0.39, 0.29) is 5.82 Å². The Hall–Kier alpha value is -2.02. The molecule has 1 aliphatic rings. The van der Waals surface area contributed by atoms with Gasteiger partial charge in [-0.05, 0) is 6.92 Å². The fourth-order valence-corrected chi connectivity index (χ4v) is 2.04. The third kappa shape index (κ3) is 1.72. The molecule has 0 saturated carbocycles. The summed E-state index contributed by atoms with van der Waals surface area (Å²) in [4.78, 5) is 19.9. The summed E-state index contributed by atoms with van der Waals surface area (Å²) in [6, 6.07) is 0. The molecule has 0 aliphatic carbocycles. The monoisotopic (exact) mass is 247 g/mol. The first kappa shape index (κ1) is 11.1. The van der Waals surface area contributed by atoms with E-state index in [0.29, 0.717) is 12.4 Å². The number of hydrogen-bond donors (Lipinski definition) is 1. The Balaban J connectivity index is 2.09. The third-order valence-corrected chi connectivity index (χ3v) is 2.86. The molecule has 0 spiro atoms. The highest BCUT2D eigenvalue weighted by atomic mass is 16.5. The number of nitrogens with zero attached hydrogens (tertiary/aromatic N) is 4. The molecule has 0 fully saturated rings. The molecule has 2 aromatic heterocycles. The van der Waals surface area contributed by atoms with Gasteiger partial charge < -0.3 is 10.1 Å². The number of ether oxygens (including phenoxy) is 1. The van der Waals surface area contributed by atoms with Crippen molar-refractivity contribution in [2.45, 2.75) is 19.9 Å². The van der Waals surface area contributed by atoms with Crippen molar-refractivity contribution >= 4 is 11.7 Å². The summed E-state index contributed by atoms with van der Waals surface area (Å²) < 4.78 is 6.53. The van der Waals surface area contributed by atoms with E-state index in [4.69, 9.17) is 4.74 Å². The fourth-order valence-electron chi connectivity index (χ4n) is 2.04. The first-order valence-corrected chi connectivity index (χ1v) is 5.91. The molecular formula is C11H13N5O2. The average Bonchev–Trinajstić information content (AvgIpc) is 2.83. The number of hydrogen-bond acceptors (Lipinski definition) is 6. The van der Waals surface area contributed by atoms with Crippen LogP contribution in [0.25, 0.3) is 5.78 Å². The molecule has 0 amide bonds. The van der Waals surface area contributed by atoms with Crippen LogP contribution in [0.15, 0.2) is 6.20 Å². The van der Waals surface area contributed by atoms with Crippen LogP contribution in [-0.4, -0.2) is 38.7 Å². The third-order valence-electron chi connectivity index (χ3n) is 2.86. The highest BCUT2D eigenvalue weighted by molar-refractivity contribution is 5.85. The summed E-state index contributed by atoms with van der Waals surface area (Å²) in [5.41, 5.74) is 2.15. The van der Waals surface area contributed by atoms with Gasteiger partial charge in [-0.2, -0.15) is 4.98 Å². The number of esters is 1. The molecule has 18 heavy (non-hydrogen) atoms. The van der Waals surface area contributed by atoms with Crippen molar-refractivity contribution in [2.75, 3.05) is 13.2 Å². The van der Waals surface area contributed by atoms with E-state index in [0.717, 1.165) is 30.8 Å². The second-order valence-corrected chi connectivity index (χ2v) is 4.02. The van der Waals surface area contributed by atoms with E-state index in [1.165, 1.54) is 0 Å². The van der Waals surface area contributed by atoms with Crippen molar-refractivity contribution in [3.8, 4) is 0 Å². The Kier molecular flexibility index (Phi) is 2.67. The standard InChI is InChI=1S/C11H13N5O2/c1-2-18-10(17)9-14-11-13-6-7-5-12-4-3-8(7)16(11)15-9/h6,12H,2-5H2,1H3. The topological polar surface area (TPSA) is 81.4 Å². The lowest BCUT2D eigenvalue weighted by molar-refractivity contribution is 0.0512. The maximum atomic E-state index is 11.6. The number of rotatable bonds is 2. The number of aromatic nitrogens is 4. The first-order chi connectivity index (χ1) is 8.79. The van der Waals surface area contributed by atoms with Gasteiger partial charge in [0.2, 0.25) is 0 Å². The summed E-state index contributed by atoms with van der Waals surface area (Å²) in [7, 11) is 0. The molecule has 0 saturated heterocycles. The van der Waals surface area contributed by atoms with Crippen LogP contribution in [0.4, 0.5) is 0 Å². The van der Waals surface area contributed by atoms with Crippen molar-refractivity contribution in [2.24, 2.45) is 0 Å². The lowest BCUT2D eigenvalue weighted by atomic mass is 10.1. The lowest BCUT2D eigenvalue weighted by Gasteiger charge is -2.16. The molecule has 0 bridgehead atoms. The van der Waals surface area contributed by atoms with Gasteiger partial charge in [0, 0.05) is 31.3 Å². The molecule has 94 valence electrons. The normalized spacial score (nSPS) is 14.5. The largest absolute Gasteiger partial charge is 0.460 e. The molecule has 2 aromatic rings. The molecule has 0 atom stereocenters. The highest BCUT2D eigenvalue weighted by Gasteiger charge is 2.19. The van der Waals surface area contributed by atoms with Gasteiger partial charge in [-0.3, -0.25) is 0 Å². The molecule has 7 nitrogen and oxygen atoms in total. The zero-order chi connectivity index (χ0) is 12.5. The Bertz CT molecular complexity index is 607. The summed E-state index contributed by atoms with van der Waals surface area (Å²) >= 11 is 0. The predicted molar refractivity (Wildman–Crippen MR) is 62.1 cm³/mol. The van der Waals surface area contributed by atoms with Gasteiger partial charge in [-0.25, -0.2) is 14.3 Å². The smallest absolute Gasteiger partial charge is 0.378 e. The van der Waals surface area contributed by atoms with Crippen LogP contribution in [0.5, 0.6) is 0 Å². The van der Waals surface area contributed by atoms with Gasteiger partial charge in [0.15, 0.2) is 0 Å². The molecule has 0 radical (unpaired) electrons. The van der Waals surface area contributed by atoms with Crippen LogP contribution in [0.2, 0.25) is 0 Å². The van der Waals surface area contributed by atoms with E-state index in [2.05, 4.69) is 20.4 Å². The van der Waals surface area contributed by atoms with Crippen LogP contribution in [0, 0.1) is 0 Å². The Labute approximate surface area is 103 Å². The van der Waals surface area contributed by atoms with E-state index in [1.807, 2.05) is 0 Å². The molecule has 3 heterocycles. The van der Waals surface area contributed by atoms with Gasteiger partial charge >= 0.3 is 5.97 Å². The van der Waals surface area contributed by atoms with E-state index in [9.17, 15) is 4.79 Å². The lowest BCUT2D eigenvalue weighted by Crippen LogP contribution is -2.26. The minimum atomic E-state index is -0.509. The molecule has 0 unspecified atom stereocenters. The molecule has 7 heteroatoms. The molecule has 3 rings (SSSR count).